The van der Waals surface area contributed by atoms with Gasteiger partial charge in [0.2, 0.25) is 0 Å². The SMILES string of the molecule is CC(=O)OCO[PH](c1ccccc1)(c1ccccc1)c1ccccc1. The number of rotatable bonds is 6. The van der Waals surface area contributed by atoms with Crippen molar-refractivity contribution in [1.82, 2.24) is 0 Å². The van der Waals surface area contributed by atoms with Crippen LogP contribution in [0.15, 0.2) is 91.0 Å². The van der Waals surface area contributed by atoms with Crippen molar-refractivity contribution in [2.45, 2.75) is 6.92 Å². The predicted octanol–water partition coefficient (Wildman–Crippen LogP) is 3.17. The van der Waals surface area contributed by atoms with Crippen molar-refractivity contribution in [1.29, 1.82) is 0 Å². The van der Waals surface area contributed by atoms with Gasteiger partial charge < -0.3 is 0 Å². The Bertz CT molecular complexity index is 708. The van der Waals surface area contributed by atoms with Crippen molar-refractivity contribution in [3.63, 3.8) is 0 Å². The monoisotopic (exact) mass is 352 g/mol. The molecule has 0 fully saturated rings. The van der Waals surface area contributed by atoms with Gasteiger partial charge in [0.1, 0.15) is 0 Å². The third-order valence-electron chi connectivity index (χ3n) is 4.08. The maximum atomic E-state index is 11.3. The summed E-state index contributed by atoms with van der Waals surface area (Å²) in [5, 5.41) is 3.33. The molecule has 0 aliphatic heterocycles. The molecule has 3 rings (SSSR count). The van der Waals surface area contributed by atoms with Gasteiger partial charge in [-0.05, 0) is 0 Å². The molecule has 0 aromatic heterocycles. The Hall–Kier alpha value is -2.48. The fourth-order valence-corrected chi connectivity index (χ4v) is 6.69. The fourth-order valence-electron chi connectivity index (χ4n) is 2.97. The molecule has 0 heterocycles. The molecule has 0 saturated carbocycles. The van der Waals surface area contributed by atoms with E-state index >= 15 is 0 Å². The summed E-state index contributed by atoms with van der Waals surface area (Å²) in [5.41, 5.74) is 0. The van der Waals surface area contributed by atoms with Crippen LogP contribution in [0.25, 0.3) is 0 Å². The first-order chi connectivity index (χ1) is 12.2. The molecule has 25 heavy (non-hydrogen) atoms. The third kappa shape index (κ3) is 3.79. The molecule has 4 heteroatoms. The van der Waals surface area contributed by atoms with Crippen molar-refractivity contribution < 1.29 is 14.1 Å². The summed E-state index contributed by atoms with van der Waals surface area (Å²) in [6, 6.07) is 30.5. The van der Waals surface area contributed by atoms with Crippen LogP contribution in [-0.4, -0.2) is 12.8 Å². The van der Waals surface area contributed by atoms with Gasteiger partial charge in [-0.25, -0.2) is 0 Å². The summed E-state index contributed by atoms with van der Waals surface area (Å²) in [4.78, 5) is 11.3. The van der Waals surface area contributed by atoms with E-state index in [9.17, 15) is 4.79 Å². The van der Waals surface area contributed by atoms with Gasteiger partial charge in [-0.2, -0.15) is 0 Å². The zero-order chi connectivity index (χ0) is 17.5. The molecule has 3 nitrogen and oxygen atoms in total. The predicted molar refractivity (Wildman–Crippen MR) is 104 cm³/mol. The molecule has 0 aliphatic rings. The molecule has 128 valence electrons. The molecule has 3 aromatic rings. The zero-order valence-electron chi connectivity index (χ0n) is 14.1. The number of benzene rings is 3. The first-order valence-electron chi connectivity index (χ1n) is 8.17. The summed E-state index contributed by atoms with van der Waals surface area (Å²) in [5.74, 6) is -0.350. The van der Waals surface area contributed by atoms with E-state index in [0.717, 1.165) is 15.9 Å². The van der Waals surface area contributed by atoms with Crippen LogP contribution < -0.4 is 15.9 Å². The van der Waals surface area contributed by atoms with E-state index in [1.54, 1.807) is 0 Å². The summed E-state index contributed by atoms with van der Waals surface area (Å²) in [6.45, 7) is 1.32. The molecule has 0 bridgehead atoms. The average molecular weight is 352 g/mol. The minimum absolute atomic E-state index is 0.0692. The van der Waals surface area contributed by atoms with E-state index in [1.807, 2.05) is 54.6 Å². The molecule has 0 unspecified atom stereocenters. The standard InChI is InChI=1S/C21H21O3P/c1-18(22)23-17-24-25(19-11-5-2-6-12-19,20-13-7-3-8-14-20)21-15-9-4-10-16-21/h2-16,25H,17H2,1H3. The number of hydrogen-bond acceptors (Lipinski definition) is 3. The third-order valence-corrected chi connectivity index (χ3v) is 8.07. The molecule has 0 aliphatic carbocycles. The molecule has 0 spiro atoms. The summed E-state index contributed by atoms with van der Waals surface area (Å²) >= 11 is 0. The molecule has 0 amide bonds. The summed E-state index contributed by atoms with van der Waals surface area (Å²) in [6.07, 6.45) is 0. The van der Waals surface area contributed by atoms with Gasteiger partial charge in [0.05, 0.1) is 0 Å². The fraction of sp³-hybridized carbons (Fsp3) is 0.0952. The zero-order valence-corrected chi connectivity index (χ0v) is 15.1. The molecular weight excluding hydrogens is 331 g/mol. The number of esters is 1. The van der Waals surface area contributed by atoms with Gasteiger partial charge >= 0.3 is 148 Å². The van der Waals surface area contributed by atoms with E-state index in [-0.39, 0.29) is 12.8 Å². The van der Waals surface area contributed by atoms with Crippen LogP contribution in [0.1, 0.15) is 6.92 Å². The van der Waals surface area contributed by atoms with Crippen molar-refractivity contribution in [3.8, 4) is 0 Å². The Morgan fingerprint density at radius 2 is 1.08 bits per heavy atom. The molecule has 0 saturated heterocycles. The molecule has 3 aromatic carbocycles. The van der Waals surface area contributed by atoms with E-state index in [4.69, 9.17) is 9.26 Å². The molecular formula is C21H21O3P. The average Bonchev–Trinajstić information content (AvgIpc) is 2.67. The van der Waals surface area contributed by atoms with Crippen molar-refractivity contribution in [2.24, 2.45) is 0 Å². The topological polar surface area (TPSA) is 35.5 Å². The van der Waals surface area contributed by atoms with E-state index in [2.05, 4.69) is 36.4 Å². The van der Waals surface area contributed by atoms with Crippen LogP contribution in [0.3, 0.4) is 0 Å². The normalized spacial score (nSPS) is 11.7. The quantitative estimate of drug-likeness (QED) is 0.388. The Kier molecular flexibility index (Phi) is 5.60. The van der Waals surface area contributed by atoms with Crippen LogP contribution in [0.5, 0.6) is 0 Å². The molecule has 0 atom stereocenters. The maximum absolute atomic E-state index is 11.3. The second kappa shape index (κ2) is 8.06. The van der Waals surface area contributed by atoms with Crippen molar-refractivity contribution in [2.75, 3.05) is 6.79 Å². The number of carbonyl (C=O) groups excluding carboxylic acids is 1. The van der Waals surface area contributed by atoms with Gasteiger partial charge in [-0.1, -0.05) is 0 Å². The van der Waals surface area contributed by atoms with Crippen molar-refractivity contribution in [3.05, 3.63) is 91.0 Å². The van der Waals surface area contributed by atoms with E-state index in [1.165, 1.54) is 6.92 Å². The Morgan fingerprint density at radius 1 is 0.720 bits per heavy atom. The van der Waals surface area contributed by atoms with Gasteiger partial charge in [0.15, 0.2) is 0 Å². The molecule has 0 radical (unpaired) electrons. The second-order valence-electron chi connectivity index (χ2n) is 5.68. The van der Waals surface area contributed by atoms with Crippen LogP contribution in [0.4, 0.5) is 0 Å². The van der Waals surface area contributed by atoms with Crippen LogP contribution in [0, 0.1) is 0 Å². The Balaban J connectivity index is 2.18. The van der Waals surface area contributed by atoms with Crippen LogP contribution in [0.2, 0.25) is 0 Å². The number of ether oxygens (including phenoxy) is 1. The van der Waals surface area contributed by atoms with Crippen molar-refractivity contribution >= 4 is 29.4 Å². The van der Waals surface area contributed by atoms with Crippen LogP contribution in [-0.2, 0) is 14.1 Å². The Labute approximate surface area is 148 Å². The Morgan fingerprint density at radius 3 is 1.40 bits per heavy atom. The summed E-state index contributed by atoms with van der Waals surface area (Å²) in [7, 11) is -2.77. The minimum atomic E-state index is -2.77. The van der Waals surface area contributed by atoms with Gasteiger partial charge in [0, 0.05) is 0 Å². The van der Waals surface area contributed by atoms with E-state index < -0.39 is 7.49 Å². The summed E-state index contributed by atoms with van der Waals surface area (Å²) < 4.78 is 11.5. The molecule has 0 N–H and O–H groups in total. The first kappa shape index (κ1) is 17.3. The van der Waals surface area contributed by atoms with Gasteiger partial charge in [-0.3, -0.25) is 0 Å². The van der Waals surface area contributed by atoms with Gasteiger partial charge in [-0.15, -0.1) is 0 Å². The van der Waals surface area contributed by atoms with E-state index in [0.29, 0.717) is 0 Å². The second-order valence-corrected chi connectivity index (χ2v) is 9.06. The first-order valence-corrected chi connectivity index (χ1v) is 10.1. The number of carbonyl (C=O) groups is 1. The van der Waals surface area contributed by atoms with Crippen LogP contribution >= 0.6 is 7.49 Å². The van der Waals surface area contributed by atoms with Gasteiger partial charge in [0.25, 0.3) is 0 Å². The number of hydrogen-bond donors (Lipinski definition) is 0.